The smallest absolute Gasteiger partial charge is 0.343 e. The molecule has 5 aliphatic rings. The Bertz CT molecular complexity index is 3260. The molecular formula is C71H109ClF3N15O12. The van der Waals surface area contributed by atoms with E-state index < -0.39 is 185 Å². The number of amides is 11. The first-order valence-electron chi connectivity index (χ1n) is 36.1. The number of hydrogen-bond donors (Lipinski definition) is 3. The number of ketones is 1. The molecule has 1 aromatic carbocycles. The van der Waals surface area contributed by atoms with Crippen LogP contribution < -0.4 is 16.0 Å². The molecule has 102 heavy (non-hydrogen) atoms. The van der Waals surface area contributed by atoms with E-state index in [1.807, 2.05) is 20.8 Å². The molecule has 0 radical (unpaired) electrons. The van der Waals surface area contributed by atoms with E-state index in [2.05, 4.69) is 26.0 Å². The molecule has 0 aromatic heterocycles. The first-order chi connectivity index (χ1) is 47.9. The van der Waals surface area contributed by atoms with Crippen molar-refractivity contribution in [1.82, 2.24) is 60.0 Å². The third-order valence-corrected chi connectivity index (χ3v) is 21.9. The molecule has 2 unspecified atom stereocenters. The first-order valence-corrected chi connectivity index (χ1v) is 36.4. The number of piperidine rings is 1. The molecule has 1 aromatic rings. The number of nitrogens with zero attached hydrogens (tertiary/aromatic N) is 12. The van der Waals surface area contributed by atoms with Gasteiger partial charge in [-0.05, 0) is 125 Å². The van der Waals surface area contributed by atoms with Crippen molar-refractivity contribution in [2.45, 2.75) is 230 Å². The number of fused-ring (bicyclic) bond motifs is 1. The van der Waals surface area contributed by atoms with Gasteiger partial charge in [0.2, 0.25) is 65.0 Å². The minimum Gasteiger partial charge on any atom is -0.343 e. The van der Waals surface area contributed by atoms with Gasteiger partial charge in [-0.25, -0.2) is 0 Å². The van der Waals surface area contributed by atoms with Crippen molar-refractivity contribution >= 4 is 82.4 Å². The van der Waals surface area contributed by atoms with Crippen molar-refractivity contribution in [2.24, 2.45) is 28.8 Å². The van der Waals surface area contributed by atoms with Crippen molar-refractivity contribution in [1.29, 1.82) is 0 Å². The number of carbonyl (C=O) groups is 12. The quantitative estimate of drug-likeness (QED) is 0.126. The zero-order valence-electron chi connectivity index (χ0n) is 62.0. The van der Waals surface area contributed by atoms with E-state index in [0.29, 0.717) is 45.2 Å². The second kappa shape index (κ2) is 36.7. The molecule has 3 heterocycles. The van der Waals surface area contributed by atoms with Gasteiger partial charge in [0.25, 0.3) is 0 Å². The molecule has 3 saturated heterocycles. The lowest BCUT2D eigenvalue weighted by Gasteiger charge is -2.42. The van der Waals surface area contributed by atoms with Crippen molar-refractivity contribution in [3.63, 3.8) is 0 Å². The van der Waals surface area contributed by atoms with E-state index in [1.165, 1.54) is 68.0 Å². The predicted molar refractivity (Wildman–Crippen MR) is 375 cm³/mol. The molecule has 3 aliphatic heterocycles. The second-order valence-corrected chi connectivity index (χ2v) is 30.3. The van der Waals surface area contributed by atoms with E-state index in [9.17, 15) is 57.1 Å². The van der Waals surface area contributed by atoms with Crippen LogP contribution in [0.2, 0.25) is 5.02 Å². The van der Waals surface area contributed by atoms with Gasteiger partial charge in [0.05, 0.1) is 60.8 Å². The SMILES string of the molecule is CC[C@H](C)[C@@H]1NC(=O)C(CC(C)C)N(C)C(=O)C[C@@H](C(=O)N2CCCCC2)N(C)C(C)C(=O)[C@H](C(C)C)N(C)C(=O)C2(CCCC2)NC(=O)[C@@H]2C[C@@H](N=[N+]=[N-])CN2C(=O)[C@H](CCc2ccc(C(F)(F)F)c(Cl)c2)NC(=O)CN(C)C(=O)[C@H](CC2CCCC2)N(C)C(=O)CN(C)C(=O)CN(C)C1=O. The molecule has 11 amide bonds. The standard InChI is InChI=1S/C71H109ClF3N15O12/c1-15-44(6)60-68(101)84(10)40-58(93)82(8)41-59(94)87(13)54(35-46-23-17-18-24-46)66(99)83(9)39-56(91)77-51(28-26-47-25-27-49(50(72)34-47)71(73,74)75)65(98)90-38-48(80-81-76)36-53(90)64(97)79-70(29-19-20-30-70)69(102)88(14)61(43(4)5)62(95)45(7)85(11)55(67(100)89-31-21-16-22-32-89)37-57(92)86(12)52(33-42(2)3)63(96)78-60/h25,27,34,42-46,48,51-55,60-61H,15-24,26,28-33,35-41H2,1-14H3,(H,77,91)(H,78,96)(H,79,97)/t44-,45?,48+,51-,52?,53-,54-,55-,60-,61-/m0/s1. The van der Waals surface area contributed by atoms with Crippen LogP contribution in [0.4, 0.5) is 13.2 Å². The fourth-order valence-corrected chi connectivity index (χ4v) is 15.3. The predicted octanol–water partition coefficient (Wildman–Crippen LogP) is 5.83. The van der Waals surface area contributed by atoms with Crippen LogP contribution in [-0.2, 0) is 70.1 Å². The van der Waals surface area contributed by atoms with Crippen LogP contribution in [0.15, 0.2) is 23.3 Å². The van der Waals surface area contributed by atoms with E-state index in [4.69, 9.17) is 11.6 Å². The lowest BCUT2D eigenvalue weighted by Crippen LogP contribution is -2.64. The number of azide groups is 1. The molecule has 2 saturated carbocycles. The number of hydrogen-bond acceptors (Lipinski definition) is 14. The fraction of sp³-hybridized carbons (Fsp3) is 0.746. The third kappa shape index (κ3) is 20.9. The van der Waals surface area contributed by atoms with E-state index >= 15 is 19.2 Å². The van der Waals surface area contributed by atoms with Crippen molar-refractivity contribution in [2.75, 3.05) is 88.6 Å². The molecule has 1 spiro atoms. The summed E-state index contributed by atoms with van der Waals surface area (Å²) >= 11 is 6.15. The lowest BCUT2D eigenvalue weighted by atomic mass is 9.89. The van der Waals surface area contributed by atoms with Gasteiger partial charge in [-0.15, -0.1) is 0 Å². The molecular weight excluding hydrogens is 1350 g/mol. The Morgan fingerprint density at radius 3 is 1.92 bits per heavy atom. The van der Waals surface area contributed by atoms with Crippen molar-refractivity contribution in [3.8, 4) is 0 Å². The minimum absolute atomic E-state index is 0.00579. The molecule has 3 N–H and O–H groups in total. The summed E-state index contributed by atoms with van der Waals surface area (Å²) in [5, 5.41) is 11.8. The second-order valence-electron chi connectivity index (χ2n) is 29.9. The largest absolute Gasteiger partial charge is 0.417 e. The summed E-state index contributed by atoms with van der Waals surface area (Å²) in [6, 6.07) is -8.17. The maximum Gasteiger partial charge on any atom is 0.417 e. The van der Waals surface area contributed by atoms with Crippen LogP contribution in [-0.4, -0.2) is 263 Å². The zero-order chi connectivity index (χ0) is 76.0. The average Bonchev–Trinajstić information content (AvgIpc) is 1.54. The monoisotopic (exact) mass is 1460 g/mol. The highest BCUT2D eigenvalue weighted by molar-refractivity contribution is 6.31. The molecule has 10 atom stereocenters. The van der Waals surface area contributed by atoms with E-state index in [-0.39, 0.29) is 68.9 Å². The maximum absolute atomic E-state index is 15.5. The number of nitrogens with one attached hydrogen (secondary N) is 3. The van der Waals surface area contributed by atoms with Gasteiger partial charge in [0.1, 0.15) is 35.7 Å². The summed E-state index contributed by atoms with van der Waals surface area (Å²) in [7, 11) is 9.92. The summed E-state index contributed by atoms with van der Waals surface area (Å²) in [6.07, 6.45) is 1.32. The number of carbonyl (C=O) groups excluding carboxylic acids is 12. The van der Waals surface area contributed by atoms with E-state index in [0.717, 1.165) is 63.8 Å². The van der Waals surface area contributed by atoms with Crippen LogP contribution >= 0.6 is 11.6 Å². The molecule has 31 heteroatoms. The summed E-state index contributed by atoms with van der Waals surface area (Å²) in [4.78, 5) is 193. The zero-order valence-corrected chi connectivity index (χ0v) is 62.7. The van der Waals surface area contributed by atoms with Gasteiger partial charge >= 0.3 is 6.18 Å². The molecule has 6 rings (SSSR count). The fourth-order valence-electron chi connectivity index (χ4n) is 15.0. The number of rotatable bonds is 12. The summed E-state index contributed by atoms with van der Waals surface area (Å²) in [5.74, 6) is -9.34. The molecule has 2 aliphatic carbocycles. The lowest BCUT2D eigenvalue weighted by molar-refractivity contribution is -0.151. The highest BCUT2D eigenvalue weighted by atomic mass is 35.5. The number of likely N-dealkylation sites (tertiary alicyclic amines) is 1. The molecule has 568 valence electrons. The Morgan fingerprint density at radius 2 is 1.34 bits per heavy atom. The highest BCUT2D eigenvalue weighted by Crippen LogP contribution is 2.37. The number of aryl methyl sites for hydroxylation is 1. The number of benzene rings is 1. The van der Waals surface area contributed by atoms with Gasteiger partial charge in [0, 0.05) is 66.8 Å². The Labute approximate surface area is 602 Å². The Kier molecular flexibility index (Phi) is 30.0. The number of halogens is 4. The Balaban J connectivity index is 1.44. The van der Waals surface area contributed by atoms with Crippen LogP contribution in [0.3, 0.4) is 0 Å². The highest BCUT2D eigenvalue weighted by Gasteiger charge is 2.51. The number of likely N-dealkylation sites (N-methyl/N-ethyl adjacent to an activating group) is 7. The minimum atomic E-state index is -4.80. The summed E-state index contributed by atoms with van der Waals surface area (Å²) in [6.45, 7) is 11.0. The van der Waals surface area contributed by atoms with E-state index in [1.54, 1.807) is 39.6 Å². The number of alkyl halides is 3. The van der Waals surface area contributed by atoms with Crippen LogP contribution in [0.1, 0.15) is 169 Å². The maximum atomic E-state index is 15.5. The first kappa shape index (κ1) is 83.4. The van der Waals surface area contributed by atoms with Crippen molar-refractivity contribution in [3.05, 3.63) is 44.8 Å². The third-order valence-electron chi connectivity index (χ3n) is 21.6. The molecule has 5 fully saturated rings. The van der Waals surface area contributed by atoms with Crippen LogP contribution in [0, 0.1) is 23.7 Å². The van der Waals surface area contributed by atoms with Gasteiger partial charge in [-0.1, -0.05) is 109 Å². The van der Waals surface area contributed by atoms with Gasteiger partial charge in [-0.2, -0.15) is 13.2 Å². The Hall–Kier alpha value is -7.59. The van der Waals surface area contributed by atoms with Crippen LogP contribution in [0.5, 0.6) is 0 Å². The van der Waals surface area contributed by atoms with Gasteiger partial charge in [0.15, 0.2) is 5.78 Å². The van der Waals surface area contributed by atoms with Crippen LogP contribution in [0.25, 0.3) is 10.4 Å². The normalized spacial score (nSPS) is 27.1. The topological polar surface area (TPSA) is 319 Å². The molecule has 27 nitrogen and oxygen atoms in total. The molecule has 0 bridgehead atoms. The van der Waals surface area contributed by atoms with Gasteiger partial charge in [-0.3, -0.25) is 62.4 Å². The Morgan fingerprint density at radius 1 is 0.735 bits per heavy atom. The van der Waals surface area contributed by atoms with Crippen molar-refractivity contribution < 1.29 is 70.7 Å². The summed E-state index contributed by atoms with van der Waals surface area (Å²) < 4.78 is 41.7. The van der Waals surface area contributed by atoms with Gasteiger partial charge < -0.3 is 55.1 Å². The average molecular weight is 1460 g/mol. The summed E-state index contributed by atoms with van der Waals surface area (Å²) in [5.41, 5.74) is 7.18. The number of Topliss-reactive ketones (excluding diaryl/α,β-unsaturated/α-hetero) is 1.